The maximum Gasteiger partial charge on any atom is 0.238 e. The zero-order valence-corrected chi connectivity index (χ0v) is 11.9. The van der Waals surface area contributed by atoms with Crippen molar-refractivity contribution in [2.75, 3.05) is 4.90 Å². The van der Waals surface area contributed by atoms with E-state index in [1.54, 1.807) is 0 Å². The van der Waals surface area contributed by atoms with Gasteiger partial charge in [0.15, 0.2) is 11.6 Å². The van der Waals surface area contributed by atoms with E-state index in [0.717, 1.165) is 12.1 Å². The van der Waals surface area contributed by atoms with E-state index in [1.165, 1.54) is 0 Å². The van der Waals surface area contributed by atoms with Crippen molar-refractivity contribution in [3.63, 3.8) is 0 Å². The number of halogens is 3. The summed E-state index contributed by atoms with van der Waals surface area (Å²) in [6.45, 7) is 0. The molecule has 1 fully saturated rings. The second-order valence-corrected chi connectivity index (χ2v) is 5.80. The summed E-state index contributed by atoms with van der Waals surface area (Å²) in [5.74, 6) is -3.91. The second kappa shape index (κ2) is 4.77. The van der Waals surface area contributed by atoms with E-state index in [1.807, 2.05) is 12.2 Å². The Bertz CT molecular complexity index is 595. The molecule has 3 nitrogen and oxygen atoms in total. The van der Waals surface area contributed by atoms with Crippen LogP contribution in [0.3, 0.4) is 0 Å². The topological polar surface area (TPSA) is 37.4 Å². The molecule has 1 aromatic carbocycles. The lowest BCUT2D eigenvalue weighted by atomic mass is 9.85. The minimum atomic E-state index is -0.926. The summed E-state index contributed by atoms with van der Waals surface area (Å²) in [6, 6.07) is 2.08. The van der Waals surface area contributed by atoms with Gasteiger partial charge in [0.05, 0.1) is 11.8 Å². The van der Waals surface area contributed by atoms with Crippen LogP contribution in [0.2, 0.25) is 0 Å². The van der Waals surface area contributed by atoms with Crippen LogP contribution in [-0.4, -0.2) is 11.8 Å². The fraction of sp³-hybridized carbons (Fsp3) is 0.286. The molecule has 0 aromatic heterocycles. The monoisotopic (exact) mass is 341 g/mol. The summed E-state index contributed by atoms with van der Waals surface area (Å²) in [5.41, 5.74) is -0.572. The third-order valence-electron chi connectivity index (χ3n) is 3.71. The van der Waals surface area contributed by atoms with Gasteiger partial charge < -0.3 is 0 Å². The van der Waals surface area contributed by atoms with E-state index in [4.69, 9.17) is 0 Å². The fourth-order valence-electron chi connectivity index (χ4n) is 2.77. The number of nitrogens with zero attached hydrogens (tertiary/aromatic N) is 1. The first-order chi connectivity index (χ1) is 9.50. The number of anilines is 1. The van der Waals surface area contributed by atoms with Crippen LogP contribution < -0.4 is 4.90 Å². The van der Waals surface area contributed by atoms with E-state index in [0.29, 0.717) is 17.7 Å². The van der Waals surface area contributed by atoms with Crippen LogP contribution in [0.15, 0.2) is 28.8 Å². The average molecular weight is 342 g/mol. The number of hydrogen-bond acceptors (Lipinski definition) is 2. The standard InChI is InChI=1S/C14H10BrF2NO2/c15-7-5-10(16)12(11(17)6-7)18-13(19)8-3-1-2-4-9(8)14(18)20/h1-2,5-6,8-9H,3-4H2. The summed E-state index contributed by atoms with van der Waals surface area (Å²) in [6.07, 6.45) is 4.52. The molecule has 2 amide bonds. The van der Waals surface area contributed by atoms with Crippen LogP contribution in [0.5, 0.6) is 0 Å². The minimum absolute atomic E-state index is 0.217. The summed E-state index contributed by atoms with van der Waals surface area (Å²) < 4.78 is 28.1. The highest BCUT2D eigenvalue weighted by atomic mass is 79.9. The van der Waals surface area contributed by atoms with E-state index in [-0.39, 0.29) is 4.47 Å². The maximum atomic E-state index is 14.0. The molecule has 2 aliphatic rings. The Morgan fingerprint density at radius 2 is 1.45 bits per heavy atom. The lowest BCUT2D eigenvalue weighted by Crippen LogP contribution is -2.32. The third kappa shape index (κ3) is 1.90. The molecule has 104 valence electrons. The molecule has 2 atom stereocenters. The van der Waals surface area contributed by atoms with Crippen LogP contribution >= 0.6 is 15.9 Å². The van der Waals surface area contributed by atoms with Crippen molar-refractivity contribution in [2.45, 2.75) is 12.8 Å². The molecular formula is C14H10BrF2NO2. The first-order valence-electron chi connectivity index (χ1n) is 6.18. The predicted octanol–water partition coefficient (Wildman–Crippen LogP) is 3.18. The highest BCUT2D eigenvalue weighted by molar-refractivity contribution is 9.10. The van der Waals surface area contributed by atoms with Crippen molar-refractivity contribution in [1.82, 2.24) is 0 Å². The van der Waals surface area contributed by atoms with Crippen LogP contribution in [0, 0.1) is 23.5 Å². The number of amides is 2. The van der Waals surface area contributed by atoms with Crippen molar-refractivity contribution < 1.29 is 18.4 Å². The first kappa shape index (κ1) is 13.4. The summed E-state index contributed by atoms with van der Waals surface area (Å²) in [7, 11) is 0. The molecule has 0 radical (unpaired) electrons. The number of imide groups is 1. The van der Waals surface area contributed by atoms with E-state index < -0.39 is 41.0 Å². The summed E-state index contributed by atoms with van der Waals surface area (Å²) in [5, 5.41) is 0. The van der Waals surface area contributed by atoms with E-state index in [9.17, 15) is 18.4 Å². The van der Waals surface area contributed by atoms with Gasteiger partial charge in [-0.05, 0) is 25.0 Å². The van der Waals surface area contributed by atoms with Crippen LogP contribution in [-0.2, 0) is 9.59 Å². The van der Waals surface area contributed by atoms with Crippen molar-refractivity contribution >= 4 is 33.4 Å². The van der Waals surface area contributed by atoms with Gasteiger partial charge in [0.25, 0.3) is 0 Å². The quantitative estimate of drug-likeness (QED) is 0.581. The van der Waals surface area contributed by atoms with Crippen LogP contribution in [0.1, 0.15) is 12.8 Å². The Kier molecular flexibility index (Phi) is 3.20. The summed E-state index contributed by atoms with van der Waals surface area (Å²) >= 11 is 2.97. The molecule has 1 aliphatic carbocycles. The molecule has 20 heavy (non-hydrogen) atoms. The van der Waals surface area contributed by atoms with Gasteiger partial charge >= 0.3 is 0 Å². The van der Waals surface area contributed by atoms with Gasteiger partial charge in [0.2, 0.25) is 11.8 Å². The smallest absolute Gasteiger partial charge is 0.238 e. The zero-order chi connectivity index (χ0) is 14.4. The van der Waals surface area contributed by atoms with Crippen molar-refractivity contribution in [3.05, 3.63) is 40.4 Å². The molecule has 0 N–H and O–H groups in total. The van der Waals surface area contributed by atoms with Gasteiger partial charge in [0.1, 0.15) is 5.69 Å². The SMILES string of the molecule is O=C1C2CC=CCC2C(=O)N1c1c(F)cc(Br)cc1F. The largest absolute Gasteiger partial charge is 0.274 e. The normalized spacial score (nSPS) is 25.2. The molecule has 0 spiro atoms. The Morgan fingerprint density at radius 3 is 1.90 bits per heavy atom. The Morgan fingerprint density at radius 1 is 1.00 bits per heavy atom. The molecule has 2 unspecified atom stereocenters. The second-order valence-electron chi connectivity index (χ2n) is 4.89. The first-order valence-corrected chi connectivity index (χ1v) is 6.97. The molecule has 1 heterocycles. The number of fused-ring (bicyclic) bond motifs is 1. The predicted molar refractivity (Wildman–Crippen MR) is 71.9 cm³/mol. The van der Waals surface area contributed by atoms with Gasteiger partial charge in [-0.3, -0.25) is 9.59 Å². The number of rotatable bonds is 1. The van der Waals surface area contributed by atoms with Gasteiger partial charge in [-0.1, -0.05) is 28.1 Å². The highest BCUT2D eigenvalue weighted by Crippen LogP contribution is 2.39. The number of benzene rings is 1. The van der Waals surface area contributed by atoms with Gasteiger partial charge in [-0.25, -0.2) is 13.7 Å². The summed E-state index contributed by atoms with van der Waals surface area (Å²) in [4.78, 5) is 25.2. The zero-order valence-electron chi connectivity index (χ0n) is 10.3. The van der Waals surface area contributed by atoms with Gasteiger partial charge in [-0.15, -0.1) is 0 Å². The Labute approximate surface area is 122 Å². The highest BCUT2D eigenvalue weighted by Gasteiger charge is 2.49. The molecule has 1 saturated heterocycles. The molecular weight excluding hydrogens is 332 g/mol. The Hall–Kier alpha value is -1.56. The molecule has 3 rings (SSSR count). The van der Waals surface area contributed by atoms with Crippen LogP contribution in [0.25, 0.3) is 0 Å². The molecule has 6 heteroatoms. The Balaban J connectivity index is 2.08. The van der Waals surface area contributed by atoms with E-state index in [2.05, 4.69) is 15.9 Å². The number of allylic oxidation sites excluding steroid dienone is 2. The molecule has 1 aromatic rings. The van der Waals surface area contributed by atoms with Gasteiger partial charge in [0, 0.05) is 4.47 Å². The van der Waals surface area contributed by atoms with Crippen molar-refractivity contribution in [2.24, 2.45) is 11.8 Å². The number of carbonyl (C=O) groups excluding carboxylic acids is 2. The lowest BCUT2D eigenvalue weighted by Gasteiger charge is -2.16. The minimum Gasteiger partial charge on any atom is -0.274 e. The third-order valence-corrected chi connectivity index (χ3v) is 4.17. The van der Waals surface area contributed by atoms with Crippen molar-refractivity contribution in [1.29, 1.82) is 0 Å². The molecule has 0 bridgehead atoms. The van der Waals surface area contributed by atoms with Crippen LogP contribution in [0.4, 0.5) is 14.5 Å². The van der Waals surface area contributed by atoms with Gasteiger partial charge in [-0.2, -0.15) is 0 Å². The maximum absolute atomic E-state index is 14.0. The fourth-order valence-corrected chi connectivity index (χ4v) is 3.17. The average Bonchev–Trinajstić information content (AvgIpc) is 2.64. The molecule has 1 aliphatic heterocycles. The number of hydrogen-bond donors (Lipinski definition) is 0. The van der Waals surface area contributed by atoms with Crippen molar-refractivity contribution in [3.8, 4) is 0 Å². The lowest BCUT2D eigenvalue weighted by molar-refractivity contribution is -0.122. The molecule has 0 saturated carbocycles. The number of carbonyl (C=O) groups is 2. The van der Waals surface area contributed by atoms with E-state index >= 15 is 0 Å².